The summed E-state index contributed by atoms with van der Waals surface area (Å²) < 4.78 is 18.3. The highest BCUT2D eigenvalue weighted by Crippen LogP contribution is 2.64. The zero-order valence-corrected chi connectivity index (χ0v) is 15.2. The maximum absolute atomic E-state index is 13.0. The molecule has 8 heteroatoms. The molecular formula is C19H25N3O5. The number of aromatic nitrogens is 2. The summed E-state index contributed by atoms with van der Waals surface area (Å²) >= 11 is 0. The average molecular weight is 375 g/mol. The number of nitrogens with zero attached hydrogens (tertiary/aromatic N) is 2. The van der Waals surface area contributed by atoms with Gasteiger partial charge in [-0.25, -0.2) is 4.79 Å². The Bertz CT molecular complexity index is 811. The number of esters is 1. The molecule has 27 heavy (non-hydrogen) atoms. The summed E-state index contributed by atoms with van der Waals surface area (Å²) in [5.74, 6) is 2.10. The topological polar surface area (TPSA) is 106 Å². The van der Waals surface area contributed by atoms with E-state index in [-0.39, 0.29) is 30.4 Å². The Morgan fingerprint density at radius 2 is 2.26 bits per heavy atom. The van der Waals surface area contributed by atoms with Gasteiger partial charge in [-0.05, 0) is 49.5 Å². The van der Waals surface area contributed by atoms with Crippen LogP contribution in [-0.4, -0.2) is 35.0 Å². The average Bonchev–Trinajstić information content (AvgIpc) is 3.29. The standard InChI is InChI=1S/C19H25N3O5/c20-14-3-5-22(18(24)21-14)15-9-25-16(27-15)10-26-17(23)19-4-1-2-11-6-13(19)7-12(11)8-19/h3,5,11-13,15-16H,1-2,4,6-10H2,(H2,20,21,24)/t11-,12+,13-,15+,16+,19?/m1/s1. The summed E-state index contributed by atoms with van der Waals surface area (Å²) in [6, 6.07) is 1.53. The van der Waals surface area contributed by atoms with E-state index in [1.165, 1.54) is 36.1 Å². The molecule has 1 aliphatic heterocycles. The van der Waals surface area contributed by atoms with Crippen LogP contribution in [0.2, 0.25) is 0 Å². The Morgan fingerprint density at radius 3 is 3.04 bits per heavy atom. The third-order valence-corrected chi connectivity index (χ3v) is 7.10. The number of ether oxygens (including phenoxy) is 3. The largest absolute Gasteiger partial charge is 0.460 e. The second-order valence-corrected chi connectivity index (χ2v) is 8.44. The zero-order chi connectivity index (χ0) is 18.6. The maximum Gasteiger partial charge on any atom is 0.351 e. The number of hydrogen-bond donors (Lipinski definition) is 1. The summed E-state index contributed by atoms with van der Waals surface area (Å²) in [5, 5.41) is 0. The minimum absolute atomic E-state index is 0.0506. The van der Waals surface area contributed by atoms with Crippen molar-refractivity contribution in [3.63, 3.8) is 0 Å². The van der Waals surface area contributed by atoms with Gasteiger partial charge in [-0.15, -0.1) is 0 Å². The van der Waals surface area contributed by atoms with E-state index < -0.39 is 18.2 Å². The quantitative estimate of drug-likeness (QED) is 0.794. The molecule has 1 aromatic rings. The van der Waals surface area contributed by atoms with Crippen LogP contribution in [0.15, 0.2) is 17.1 Å². The lowest BCUT2D eigenvalue weighted by atomic mass is 9.71. The molecule has 0 amide bonds. The van der Waals surface area contributed by atoms with Crippen molar-refractivity contribution in [2.45, 2.75) is 51.0 Å². The van der Waals surface area contributed by atoms with Crippen LogP contribution in [0.25, 0.3) is 0 Å². The highest BCUT2D eigenvalue weighted by atomic mass is 16.7. The second-order valence-electron chi connectivity index (χ2n) is 8.44. The Balaban J connectivity index is 1.20. The predicted molar refractivity (Wildman–Crippen MR) is 94.3 cm³/mol. The van der Waals surface area contributed by atoms with Crippen LogP contribution in [0, 0.1) is 23.2 Å². The third kappa shape index (κ3) is 2.77. The van der Waals surface area contributed by atoms with Crippen LogP contribution in [-0.2, 0) is 19.0 Å². The van der Waals surface area contributed by atoms with Gasteiger partial charge in [-0.1, -0.05) is 12.8 Å². The van der Waals surface area contributed by atoms with Crippen LogP contribution in [0.1, 0.15) is 44.8 Å². The fraction of sp³-hybridized carbons (Fsp3) is 0.737. The summed E-state index contributed by atoms with van der Waals surface area (Å²) in [6.07, 6.45) is 6.97. The molecule has 5 fully saturated rings. The number of hydrogen-bond acceptors (Lipinski definition) is 7. The maximum atomic E-state index is 13.0. The van der Waals surface area contributed by atoms with Crippen molar-refractivity contribution >= 4 is 11.8 Å². The summed E-state index contributed by atoms with van der Waals surface area (Å²) in [5.41, 5.74) is 4.73. The van der Waals surface area contributed by atoms with E-state index in [4.69, 9.17) is 19.9 Å². The van der Waals surface area contributed by atoms with E-state index in [1.807, 2.05) is 0 Å². The highest BCUT2D eigenvalue weighted by molar-refractivity contribution is 5.78. The van der Waals surface area contributed by atoms with Gasteiger partial charge in [0.1, 0.15) is 12.4 Å². The first-order valence-corrected chi connectivity index (χ1v) is 9.84. The molecule has 0 radical (unpaired) electrons. The third-order valence-electron chi connectivity index (χ3n) is 7.10. The lowest BCUT2D eigenvalue weighted by molar-refractivity contribution is -0.173. The molecule has 1 saturated heterocycles. The van der Waals surface area contributed by atoms with Crippen LogP contribution in [0.3, 0.4) is 0 Å². The Kier molecular flexibility index (Phi) is 4.01. The zero-order valence-electron chi connectivity index (χ0n) is 15.2. The van der Waals surface area contributed by atoms with Crippen molar-refractivity contribution in [3.05, 3.63) is 22.7 Å². The molecular weight excluding hydrogens is 350 g/mol. The number of nitrogens with two attached hydrogens (primary N) is 1. The molecule has 5 aliphatic rings. The molecule has 6 atom stereocenters. The number of carbonyl (C=O) groups is 1. The second kappa shape index (κ2) is 6.31. The van der Waals surface area contributed by atoms with Gasteiger partial charge in [-0.2, -0.15) is 4.98 Å². The van der Waals surface area contributed by atoms with Crippen molar-refractivity contribution in [1.82, 2.24) is 9.55 Å². The summed E-state index contributed by atoms with van der Waals surface area (Å²) in [4.78, 5) is 28.6. The van der Waals surface area contributed by atoms with Gasteiger partial charge in [0.25, 0.3) is 0 Å². The highest BCUT2D eigenvalue weighted by Gasteiger charge is 2.60. The van der Waals surface area contributed by atoms with Gasteiger partial charge in [-0.3, -0.25) is 9.36 Å². The van der Waals surface area contributed by atoms with E-state index in [0.29, 0.717) is 11.8 Å². The smallest absolute Gasteiger partial charge is 0.351 e. The first kappa shape index (κ1) is 17.2. The first-order chi connectivity index (χ1) is 13.0. The molecule has 4 saturated carbocycles. The minimum atomic E-state index is -0.670. The monoisotopic (exact) mass is 375 g/mol. The summed E-state index contributed by atoms with van der Waals surface area (Å²) in [6.45, 7) is 0.250. The molecule has 1 aromatic heterocycles. The molecule has 6 rings (SSSR count). The molecule has 2 N–H and O–H groups in total. The number of anilines is 1. The lowest BCUT2D eigenvalue weighted by Gasteiger charge is -2.34. The minimum Gasteiger partial charge on any atom is -0.460 e. The van der Waals surface area contributed by atoms with E-state index in [9.17, 15) is 9.59 Å². The van der Waals surface area contributed by atoms with Gasteiger partial charge in [0, 0.05) is 6.20 Å². The van der Waals surface area contributed by atoms with Crippen molar-refractivity contribution in [1.29, 1.82) is 0 Å². The molecule has 0 aromatic carbocycles. The number of carbonyl (C=O) groups excluding carboxylic acids is 1. The van der Waals surface area contributed by atoms with Crippen molar-refractivity contribution in [2.75, 3.05) is 18.9 Å². The SMILES string of the molecule is Nc1ccn([C@@H]2CO[C@H](COC(=O)C34CCC[C@@H]5C[C@@H]3C[C@H]5C4)O2)c(=O)n1. The van der Waals surface area contributed by atoms with Gasteiger partial charge in [0.15, 0.2) is 12.5 Å². The Labute approximate surface area is 157 Å². The molecule has 2 heterocycles. The molecule has 1 unspecified atom stereocenters. The van der Waals surface area contributed by atoms with Crippen LogP contribution in [0.5, 0.6) is 0 Å². The number of fused-ring (bicyclic) bond motifs is 2. The van der Waals surface area contributed by atoms with E-state index in [1.54, 1.807) is 0 Å². The predicted octanol–water partition coefficient (Wildman–Crippen LogP) is 1.46. The van der Waals surface area contributed by atoms with Gasteiger partial charge >= 0.3 is 11.7 Å². The normalized spacial score (nSPS) is 39.6. The van der Waals surface area contributed by atoms with Crippen molar-refractivity contribution < 1.29 is 19.0 Å². The molecule has 4 aliphatic carbocycles. The van der Waals surface area contributed by atoms with Crippen molar-refractivity contribution in [2.24, 2.45) is 23.2 Å². The molecule has 146 valence electrons. The lowest BCUT2D eigenvalue weighted by Crippen LogP contribution is -2.39. The van der Waals surface area contributed by atoms with Gasteiger partial charge < -0.3 is 19.9 Å². The molecule has 4 bridgehead atoms. The molecule has 0 spiro atoms. The van der Waals surface area contributed by atoms with E-state index in [0.717, 1.165) is 25.2 Å². The Hall–Kier alpha value is -1.93. The number of rotatable bonds is 4. The Morgan fingerprint density at radius 1 is 1.41 bits per heavy atom. The van der Waals surface area contributed by atoms with Crippen LogP contribution >= 0.6 is 0 Å². The van der Waals surface area contributed by atoms with E-state index in [2.05, 4.69) is 4.98 Å². The van der Waals surface area contributed by atoms with E-state index >= 15 is 0 Å². The van der Waals surface area contributed by atoms with Crippen LogP contribution < -0.4 is 11.4 Å². The van der Waals surface area contributed by atoms with Crippen LogP contribution in [0.4, 0.5) is 5.82 Å². The van der Waals surface area contributed by atoms with Crippen molar-refractivity contribution in [3.8, 4) is 0 Å². The fourth-order valence-corrected chi connectivity index (χ4v) is 5.85. The van der Waals surface area contributed by atoms with Gasteiger partial charge in [0.2, 0.25) is 0 Å². The first-order valence-electron chi connectivity index (χ1n) is 9.84. The van der Waals surface area contributed by atoms with Gasteiger partial charge in [0.05, 0.1) is 12.0 Å². The fourth-order valence-electron chi connectivity index (χ4n) is 5.85. The number of nitrogen functional groups attached to an aromatic ring is 1. The summed E-state index contributed by atoms with van der Waals surface area (Å²) in [7, 11) is 0. The molecule has 8 nitrogen and oxygen atoms in total.